The third-order valence-corrected chi connectivity index (χ3v) is 6.45. The van der Waals surface area contributed by atoms with Crippen LogP contribution in [0.25, 0.3) is 0 Å². The Morgan fingerprint density at radius 2 is 1.88 bits per heavy atom. The molecule has 0 aromatic heterocycles. The van der Waals surface area contributed by atoms with Gasteiger partial charge in [0.15, 0.2) is 0 Å². The molecule has 0 aliphatic heterocycles. The lowest BCUT2D eigenvalue weighted by atomic mass is 9.63. The molecular weight excluding hydrogens is 326 g/mol. The molecule has 2 fully saturated rings. The molecule has 0 saturated heterocycles. The Morgan fingerprint density at radius 3 is 2.54 bits per heavy atom. The molecule has 1 aromatic carbocycles. The maximum absolute atomic E-state index is 10.9. The van der Waals surface area contributed by atoms with Crippen LogP contribution in [-0.4, -0.2) is 24.7 Å². The average molecular weight is 360 g/mol. The van der Waals surface area contributed by atoms with Crippen LogP contribution in [0.15, 0.2) is 24.3 Å². The molecule has 2 atom stereocenters. The maximum Gasteiger partial charge on any atom is 0.305 e. The second-order valence-electron chi connectivity index (χ2n) is 8.34. The second kappa shape index (κ2) is 8.90. The highest BCUT2D eigenvalue weighted by Gasteiger charge is 2.37. The van der Waals surface area contributed by atoms with E-state index in [0.717, 1.165) is 17.9 Å². The van der Waals surface area contributed by atoms with E-state index in [1.807, 2.05) is 24.3 Å². The monoisotopic (exact) mass is 359 g/mol. The number of nitrogens with one attached hydrogen (secondary N) is 1. The number of carboxylic acid groups (broad SMARTS) is 1. The van der Waals surface area contributed by atoms with Gasteiger partial charge < -0.3 is 15.2 Å². The lowest BCUT2D eigenvalue weighted by Crippen LogP contribution is -2.33. The highest BCUT2D eigenvalue weighted by molar-refractivity contribution is 5.68. The number of benzene rings is 1. The first-order chi connectivity index (χ1) is 12.6. The minimum absolute atomic E-state index is 0.0842. The Labute approximate surface area is 157 Å². The van der Waals surface area contributed by atoms with Crippen LogP contribution in [0.3, 0.4) is 0 Å². The zero-order valence-corrected chi connectivity index (χ0v) is 16.0. The van der Waals surface area contributed by atoms with E-state index in [4.69, 9.17) is 9.84 Å². The number of ether oxygens (including phenoxy) is 1. The Bertz CT molecular complexity index is 572. The summed E-state index contributed by atoms with van der Waals surface area (Å²) in [4.78, 5) is 10.9. The van der Waals surface area contributed by atoms with Crippen LogP contribution in [0.1, 0.15) is 75.8 Å². The minimum atomic E-state index is -0.793. The van der Waals surface area contributed by atoms with E-state index in [2.05, 4.69) is 5.32 Å². The lowest BCUT2D eigenvalue weighted by molar-refractivity contribution is -0.137. The first kappa shape index (κ1) is 19.2. The molecule has 1 aromatic rings. The van der Waals surface area contributed by atoms with Crippen molar-refractivity contribution in [1.29, 1.82) is 0 Å². The number of hydrogen-bond donors (Lipinski definition) is 2. The molecule has 0 radical (unpaired) electrons. The maximum atomic E-state index is 10.9. The van der Waals surface area contributed by atoms with Crippen molar-refractivity contribution >= 4 is 5.97 Å². The summed E-state index contributed by atoms with van der Waals surface area (Å²) >= 11 is 0. The van der Waals surface area contributed by atoms with Crippen LogP contribution in [0, 0.1) is 11.3 Å². The Kier molecular flexibility index (Phi) is 6.58. The van der Waals surface area contributed by atoms with Gasteiger partial charge in [-0.3, -0.25) is 4.79 Å². The first-order valence-corrected chi connectivity index (χ1v) is 10.2. The zero-order chi connectivity index (χ0) is 18.4. The van der Waals surface area contributed by atoms with Crippen LogP contribution in [-0.2, 0) is 4.79 Å². The molecule has 4 nitrogen and oxygen atoms in total. The molecule has 0 heterocycles. The smallest absolute Gasteiger partial charge is 0.305 e. The van der Waals surface area contributed by atoms with Crippen molar-refractivity contribution in [2.75, 3.05) is 13.7 Å². The largest absolute Gasteiger partial charge is 0.493 e. The fraction of sp³-hybridized carbons (Fsp3) is 0.682. The Morgan fingerprint density at radius 1 is 1.19 bits per heavy atom. The van der Waals surface area contributed by atoms with Crippen LogP contribution in [0.5, 0.6) is 5.75 Å². The molecule has 2 aliphatic rings. The van der Waals surface area contributed by atoms with E-state index in [-0.39, 0.29) is 12.5 Å². The predicted molar refractivity (Wildman–Crippen MR) is 103 cm³/mol. The van der Waals surface area contributed by atoms with Gasteiger partial charge in [-0.25, -0.2) is 0 Å². The van der Waals surface area contributed by atoms with E-state index in [1.54, 1.807) is 7.05 Å². The first-order valence-electron chi connectivity index (χ1n) is 10.2. The third-order valence-electron chi connectivity index (χ3n) is 6.45. The highest BCUT2D eigenvalue weighted by Crippen LogP contribution is 2.49. The van der Waals surface area contributed by atoms with Crippen molar-refractivity contribution in [3.05, 3.63) is 29.8 Å². The molecule has 0 bridgehead atoms. The molecule has 144 valence electrons. The Balaban J connectivity index is 1.52. The fourth-order valence-electron chi connectivity index (χ4n) is 5.05. The summed E-state index contributed by atoms with van der Waals surface area (Å²) in [6, 6.07) is 7.74. The fourth-order valence-corrected chi connectivity index (χ4v) is 5.05. The summed E-state index contributed by atoms with van der Waals surface area (Å²) in [5, 5.41) is 12.1. The van der Waals surface area contributed by atoms with E-state index < -0.39 is 5.97 Å². The van der Waals surface area contributed by atoms with E-state index in [1.165, 1.54) is 57.8 Å². The van der Waals surface area contributed by atoms with Gasteiger partial charge in [0.2, 0.25) is 0 Å². The molecule has 2 aliphatic carbocycles. The van der Waals surface area contributed by atoms with Gasteiger partial charge in [0.1, 0.15) is 5.75 Å². The quantitative estimate of drug-likeness (QED) is 0.724. The average Bonchev–Trinajstić information content (AvgIpc) is 2.65. The van der Waals surface area contributed by atoms with Gasteiger partial charge in [-0.2, -0.15) is 0 Å². The normalized spacial score (nSPS) is 23.5. The van der Waals surface area contributed by atoms with Gasteiger partial charge in [0, 0.05) is 6.04 Å². The molecule has 2 saturated carbocycles. The van der Waals surface area contributed by atoms with Crippen molar-refractivity contribution in [2.24, 2.45) is 11.3 Å². The third kappa shape index (κ3) is 5.00. The standard InChI is InChI=1S/C22H33NO3/c1-23-20(14-21(24)25)18-7-9-19(10-8-18)26-16-17-6-5-13-22(15-17)11-3-2-4-12-22/h7-10,17,20,23H,2-6,11-16H2,1H3,(H,24,25). The highest BCUT2D eigenvalue weighted by atomic mass is 16.5. The van der Waals surface area contributed by atoms with Crippen molar-refractivity contribution in [3.8, 4) is 5.75 Å². The van der Waals surface area contributed by atoms with Crippen molar-refractivity contribution in [2.45, 2.75) is 70.3 Å². The van der Waals surface area contributed by atoms with E-state index in [0.29, 0.717) is 11.3 Å². The molecule has 3 rings (SSSR count). The molecule has 2 N–H and O–H groups in total. The summed E-state index contributed by atoms with van der Waals surface area (Å²) in [5.74, 6) is 0.777. The molecule has 0 amide bonds. The molecule has 1 spiro atoms. The topological polar surface area (TPSA) is 58.6 Å². The van der Waals surface area contributed by atoms with Crippen LogP contribution < -0.4 is 10.1 Å². The van der Waals surface area contributed by atoms with Gasteiger partial charge in [0.25, 0.3) is 0 Å². The number of carbonyl (C=O) groups is 1. The molecule has 4 heteroatoms. The van der Waals surface area contributed by atoms with Gasteiger partial charge in [0.05, 0.1) is 13.0 Å². The van der Waals surface area contributed by atoms with Crippen molar-refractivity contribution in [1.82, 2.24) is 5.32 Å². The molecular formula is C22H33NO3. The van der Waals surface area contributed by atoms with Crippen LogP contribution in [0.4, 0.5) is 0 Å². The number of aliphatic carboxylic acids is 1. The summed E-state index contributed by atoms with van der Waals surface area (Å²) in [6.07, 6.45) is 12.6. The summed E-state index contributed by atoms with van der Waals surface area (Å²) in [7, 11) is 1.79. The summed E-state index contributed by atoms with van der Waals surface area (Å²) in [5.41, 5.74) is 1.60. The van der Waals surface area contributed by atoms with Gasteiger partial charge in [-0.05, 0) is 68.2 Å². The van der Waals surface area contributed by atoms with Crippen LogP contribution >= 0.6 is 0 Å². The van der Waals surface area contributed by atoms with E-state index in [9.17, 15) is 4.79 Å². The van der Waals surface area contributed by atoms with Crippen molar-refractivity contribution in [3.63, 3.8) is 0 Å². The summed E-state index contributed by atoms with van der Waals surface area (Å²) in [6.45, 7) is 0.811. The summed E-state index contributed by atoms with van der Waals surface area (Å²) < 4.78 is 6.09. The Hall–Kier alpha value is -1.55. The lowest BCUT2D eigenvalue weighted by Gasteiger charge is -2.43. The van der Waals surface area contributed by atoms with Crippen LogP contribution in [0.2, 0.25) is 0 Å². The van der Waals surface area contributed by atoms with E-state index >= 15 is 0 Å². The van der Waals surface area contributed by atoms with Gasteiger partial charge >= 0.3 is 5.97 Å². The van der Waals surface area contributed by atoms with Crippen molar-refractivity contribution < 1.29 is 14.6 Å². The number of hydrogen-bond acceptors (Lipinski definition) is 3. The number of carboxylic acids is 1. The molecule has 26 heavy (non-hydrogen) atoms. The van der Waals surface area contributed by atoms with Gasteiger partial charge in [-0.15, -0.1) is 0 Å². The number of rotatable bonds is 7. The van der Waals surface area contributed by atoms with Gasteiger partial charge in [-0.1, -0.05) is 37.8 Å². The SMILES string of the molecule is CNC(CC(=O)O)c1ccc(OCC2CCCC3(CCCCC3)C2)cc1. The predicted octanol–water partition coefficient (Wildman–Crippen LogP) is 4.94. The zero-order valence-electron chi connectivity index (χ0n) is 16.0. The minimum Gasteiger partial charge on any atom is -0.493 e. The molecule has 2 unspecified atom stereocenters. The second-order valence-corrected chi connectivity index (χ2v) is 8.34.